The number of rotatable bonds is 5. The number of halogens is 1. The highest BCUT2D eigenvalue weighted by Gasteiger charge is 2.34. The maximum Gasteiger partial charge on any atom is 0.276 e. The summed E-state index contributed by atoms with van der Waals surface area (Å²) in [6, 6.07) is 1.71. The molecule has 2 aromatic heterocycles. The summed E-state index contributed by atoms with van der Waals surface area (Å²) in [7, 11) is 1.65. The molecule has 0 aliphatic carbocycles. The van der Waals surface area contributed by atoms with Crippen molar-refractivity contribution in [3.63, 3.8) is 0 Å². The van der Waals surface area contributed by atoms with Crippen molar-refractivity contribution in [1.29, 1.82) is 0 Å². The third-order valence-corrected chi connectivity index (χ3v) is 4.27. The fourth-order valence-electron chi connectivity index (χ4n) is 3.09. The third-order valence-electron chi connectivity index (χ3n) is 4.27. The number of hydrogen-bond acceptors (Lipinski definition) is 7. The van der Waals surface area contributed by atoms with Crippen LogP contribution in [0.2, 0.25) is 0 Å². The van der Waals surface area contributed by atoms with Crippen LogP contribution in [0.1, 0.15) is 28.4 Å². The molecular weight excluding hydrogens is 327 g/mol. The van der Waals surface area contributed by atoms with Crippen molar-refractivity contribution >= 4 is 11.7 Å². The van der Waals surface area contributed by atoms with E-state index in [4.69, 9.17) is 10.3 Å². The Morgan fingerprint density at radius 2 is 2.24 bits per heavy atom. The second kappa shape index (κ2) is 7.14. The highest BCUT2D eigenvalue weighted by Crippen LogP contribution is 2.24. The second-order valence-corrected chi connectivity index (χ2v) is 6.33. The van der Waals surface area contributed by atoms with E-state index in [1.54, 1.807) is 7.05 Å². The van der Waals surface area contributed by atoms with Crippen LogP contribution in [0.4, 0.5) is 10.2 Å². The summed E-state index contributed by atoms with van der Waals surface area (Å²) in [6.07, 6.45) is 2.28. The van der Waals surface area contributed by atoms with E-state index in [-0.39, 0.29) is 23.5 Å². The molecule has 1 amide bonds. The van der Waals surface area contributed by atoms with Gasteiger partial charge in [-0.25, -0.2) is 14.4 Å². The zero-order valence-electron chi connectivity index (χ0n) is 14.2. The number of nitrogens with zero attached hydrogens (tertiary/aromatic N) is 5. The van der Waals surface area contributed by atoms with Crippen LogP contribution in [0.15, 0.2) is 23.0 Å². The molecular formula is C16H21FN6O2. The molecule has 0 aromatic carbocycles. The van der Waals surface area contributed by atoms with Crippen LogP contribution >= 0.6 is 0 Å². The largest absolute Gasteiger partial charge is 0.382 e. The van der Waals surface area contributed by atoms with Gasteiger partial charge in [0, 0.05) is 44.6 Å². The standard InChI is InChI=1S/C16H21FN6O2/c1-10-5-13(25-21-10)9-23-7-11(17)6-12(23)8-22(2)16(24)14-15(18)20-4-3-19-14/h3-5,11-12H,6-9H2,1-2H3,(H2,18,20)/t11-,12-/m0/s1. The van der Waals surface area contributed by atoms with Gasteiger partial charge in [-0.15, -0.1) is 0 Å². The summed E-state index contributed by atoms with van der Waals surface area (Å²) in [6.45, 7) is 2.97. The highest BCUT2D eigenvalue weighted by atomic mass is 19.1. The van der Waals surface area contributed by atoms with E-state index in [0.717, 1.165) is 5.69 Å². The SMILES string of the molecule is Cc1cc(CN2C[C@@H](F)C[C@H]2CN(C)C(=O)c2nccnc2N)on1. The Balaban J connectivity index is 1.67. The number of aryl methyl sites for hydroxylation is 1. The molecule has 2 atom stereocenters. The normalized spacial score (nSPS) is 20.8. The summed E-state index contributed by atoms with van der Waals surface area (Å²) in [4.78, 5) is 23.8. The van der Waals surface area contributed by atoms with Crippen LogP contribution in [0.3, 0.4) is 0 Å². The summed E-state index contributed by atoms with van der Waals surface area (Å²) in [5, 5.41) is 3.85. The van der Waals surface area contributed by atoms with E-state index in [2.05, 4.69) is 15.1 Å². The molecule has 1 aliphatic heterocycles. The summed E-state index contributed by atoms with van der Waals surface area (Å²) < 4.78 is 19.2. The quantitative estimate of drug-likeness (QED) is 0.861. The van der Waals surface area contributed by atoms with E-state index in [0.29, 0.717) is 31.8 Å². The van der Waals surface area contributed by atoms with Gasteiger partial charge in [-0.3, -0.25) is 9.69 Å². The van der Waals surface area contributed by atoms with Crippen molar-refractivity contribution in [2.75, 3.05) is 25.9 Å². The molecule has 0 unspecified atom stereocenters. The van der Waals surface area contributed by atoms with Gasteiger partial charge in [0.2, 0.25) is 0 Å². The molecule has 0 saturated carbocycles. The molecule has 3 heterocycles. The molecule has 0 bridgehead atoms. The lowest BCUT2D eigenvalue weighted by Crippen LogP contribution is -2.41. The number of aromatic nitrogens is 3. The Labute approximate surface area is 144 Å². The molecule has 8 nitrogen and oxygen atoms in total. The van der Waals surface area contributed by atoms with Crippen LogP contribution in [-0.2, 0) is 6.54 Å². The number of amides is 1. The van der Waals surface area contributed by atoms with Gasteiger partial charge in [-0.05, 0) is 13.3 Å². The Bertz CT molecular complexity index is 752. The number of alkyl halides is 1. The van der Waals surface area contributed by atoms with Crippen molar-refractivity contribution in [3.05, 3.63) is 35.6 Å². The minimum atomic E-state index is -0.931. The lowest BCUT2D eigenvalue weighted by molar-refractivity contribution is 0.0741. The molecule has 25 heavy (non-hydrogen) atoms. The predicted molar refractivity (Wildman–Crippen MR) is 88.4 cm³/mol. The van der Waals surface area contributed by atoms with E-state index in [1.165, 1.54) is 17.3 Å². The smallest absolute Gasteiger partial charge is 0.276 e. The van der Waals surface area contributed by atoms with Gasteiger partial charge in [0.25, 0.3) is 5.91 Å². The predicted octanol–water partition coefficient (Wildman–Crippen LogP) is 1.04. The third kappa shape index (κ3) is 3.93. The number of nitrogens with two attached hydrogens (primary N) is 1. The molecule has 3 rings (SSSR count). The van der Waals surface area contributed by atoms with E-state index in [1.807, 2.05) is 17.9 Å². The maximum absolute atomic E-state index is 13.9. The fraction of sp³-hybridized carbons (Fsp3) is 0.500. The minimum absolute atomic E-state index is 0.0862. The number of carbonyl (C=O) groups is 1. The first kappa shape index (κ1) is 17.3. The van der Waals surface area contributed by atoms with Crippen LogP contribution < -0.4 is 5.73 Å². The first-order valence-electron chi connectivity index (χ1n) is 8.06. The van der Waals surface area contributed by atoms with Gasteiger partial charge >= 0.3 is 0 Å². The molecule has 9 heteroatoms. The van der Waals surface area contributed by atoms with Crippen molar-refractivity contribution in [3.8, 4) is 0 Å². The molecule has 0 radical (unpaired) electrons. The molecule has 134 valence electrons. The summed E-state index contributed by atoms with van der Waals surface area (Å²) in [5.74, 6) is 0.440. The number of likely N-dealkylation sites (tertiary alicyclic amines) is 1. The maximum atomic E-state index is 13.9. The molecule has 1 aliphatic rings. The van der Waals surface area contributed by atoms with Gasteiger partial charge in [0.15, 0.2) is 17.3 Å². The van der Waals surface area contributed by atoms with Crippen molar-refractivity contribution in [2.24, 2.45) is 0 Å². The van der Waals surface area contributed by atoms with E-state index >= 15 is 0 Å². The van der Waals surface area contributed by atoms with Gasteiger partial charge in [0.05, 0.1) is 12.2 Å². The zero-order chi connectivity index (χ0) is 18.0. The van der Waals surface area contributed by atoms with E-state index in [9.17, 15) is 9.18 Å². The van der Waals surface area contributed by atoms with Gasteiger partial charge < -0.3 is 15.2 Å². The lowest BCUT2D eigenvalue weighted by Gasteiger charge is -2.27. The summed E-state index contributed by atoms with van der Waals surface area (Å²) in [5.41, 5.74) is 6.60. The topological polar surface area (TPSA) is 101 Å². The Morgan fingerprint density at radius 1 is 1.48 bits per heavy atom. The number of hydrogen-bond donors (Lipinski definition) is 1. The van der Waals surface area contributed by atoms with Crippen LogP contribution in [0.25, 0.3) is 0 Å². The number of likely N-dealkylation sites (N-methyl/N-ethyl adjacent to an activating group) is 1. The Morgan fingerprint density at radius 3 is 2.92 bits per heavy atom. The highest BCUT2D eigenvalue weighted by molar-refractivity contribution is 5.96. The number of carbonyl (C=O) groups excluding carboxylic acids is 1. The Hall–Kier alpha value is -2.55. The average molecular weight is 348 g/mol. The molecule has 1 saturated heterocycles. The average Bonchev–Trinajstić information content (AvgIpc) is 3.13. The van der Waals surface area contributed by atoms with Crippen molar-refractivity contribution < 1.29 is 13.7 Å². The van der Waals surface area contributed by atoms with Gasteiger partial charge in [-0.2, -0.15) is 0 Å². The zero-order valence-corrected chi connectivity index (χ0v) is 14.2. The molecule has 2 N–H and O–H groups in total. The lowest BCUT2D eigenvalue weighted by atomic mass is 10.2. The number of anilines is 1. The molecule has 2 aromatic rings. The van der Waals surface area contributed by atoms with E-state index < -0.39 is 6.17 Å². The monoisotopic (exact) mass is 348 g/mol. The molecule has 0 spiro atoms. The van der Waals surface area contributed by atoms with Crippen molar-refractivity contribution in [2.45, 2.75) is 32.1 Å². The van der Waals surface area contributed by atoms with Crippen molar-refractivity contribution in [1.82, 2.24) is 24.9 Å². The minimum Gasteiger partial charge on any atom is -0.382 e. The van der Waals surface area contributed by atoms with Gasteiger partial charge in [0.1, 0.15) is 6.17 Å². The Kier molecular flexibility index (Phi) is 4.93. The van der Waals surface area contributed by atoms with Crippen LogP contribution in [-0.4, -0.2) is 63.2 Å². The van der Waals surface area contributed by atoms with Crippen LogP contribution in [0, 0.1) is 6.92 Å². The van der Waals surface area contributed by atoms with Gasteiger partial charge in [-0.1, -0.05) is 5.16 Å². The second-order valence-electron chi connectivity index (χ2n) is 6.33. The fourth-order valence-corrected chi connectivity index (χ4v) is 3.09. The first-order valence-corrected chi connectivity index (χ1v) is 8.06. The summed E-state index contributed by atoms with van der Waals surface area (Å²) >= 11 is 0. The number of nitrogen functional groups attached to an aromatic ring is 1. The first-order chi connectivity index (χ1) is 11.9. The van der Waals surface area contributed by atoms with Crippen LogP contribution in [0.5, 0.6) is 0 Å². The molecule has 1 fully saturated rings.